The van der Waals surface area contributed by atoms with Crippen LogP contribution >= 0.6 is 0 Å². The van der Waals surface area contributed by atoms with Crippen LogP contribution in [0.25, 0.3) is 0 Å². The Morgan fingerprint density at radius 2 is 2.08 bits per heavy atom. The maximum atomic E-state index is 13.2. The highest BCUT2D eigenvalue weighted by Crippen LogP contribution is 2.21. The number of carbonyl (C=O) groups is 1. The fourth-order valence-electron chi connectivity index (χ4n) is 2.74. The molecule has 0 bridgehead atoms. The van der Waals surface area contributed by atoms with Crippen LogP contribution in [0.4, 0.5) is 14.7 Å². The number of fused-ring (bicyclic) bond motifs is 1. The van der Waals surface area contributed by atoms with Crippen LogP contribution in [0.3, 0.4) is 0 Å². The van der Waals surface area contributed by atoms with E-state index in [1.54, 1.807) is 6.20 Å². The summed E-state index contributed by atoms with van der Waals surface area (Å²) >= 11 is 0. The van der Waals surface area contributed by atoms with Crippen LogP contribution in [0, 0.1) is 11.6 Å². The molecule has 1 aliphatic rings. The van der Waals surface area contributed by atoms with Crippen molar-refractivity contribution in [2.75, 3.05) is 19.0 Å². The molecule has 1 amide bonds. The van der Waals surface area contributed by atoms with Crippen LogP contribution in [-0.2, 0) is 12.8 Å². The number of amides is 1. The Labute approximate surface area is 138 Å². The number of carbonyl (C=O) groups excluding carboxylic acids is 1. The van der Waals surface area contributed by atoms with Crippen LogP contribution in [0.2, 0.25) is 0 Å². The van der Waals surface area contributed by atoms with Crippen LogP contribution in [0.1, 0.15) is 28.0 Å². The van der Waals surface area contributed by atoms with E-state index in [0.29, 0.717) is 12.4 Å². The van der Waals surface area contributed by atoms with E-state index in [1.807, 2.05) is 19.0 Å². The second-order valence-corrected chi connectivity index (χ2v) is 6.08. The zero-order chi connectivity index (χ0) is 17.3. The molecule has 0 saturated carbocycles. The third kappa shape index (κ3) is 3.34. The third-order valence-corrected chi connectivity index (χ3v) is 4.05. The number of nitrogens with zero attached hydrogens (tertiary/aromatic N) is 3. The summed E-state index contributed by atoms with van der Waals surface area (Å²) in [6.45, 7) is 0. The van der Waals surface area contributed by atoms with Crippen molar-refractivity contribution in [2.45, 2.75) is 25.3 Å². The molecule has 0 aliphatic heterocycles. The first-order chi connectivity index (χ1) is 11.4. The quantitative estimate of drug-likeness (QED) is 0.935. The van der Waals surface area contributed by atoms with Gasteiger partial charge in [0.2, 0.25) is 5.95 Å². The minimum Gasteiger partial charge on any atom is -0.349 e. The predicted molar refractivity (Wildman–Crippen MR) is 86.0 cm³/mol. The summed E-state index contributed by atoms with van der Waals surface area (Å²) in [5, 5.41) is 2.87. The van der Waals surface area contributed by atoms with Crippen molar-refractivity contribution in [1.82, 2.24) is 15.3 Å². The molecule has 1 atom stereocenters. The number of hydrogen-bond acceptors (Lipinski definition) is 4. The Morgan fingerprint density at radius 1 is 1.29 bits per heavy atom. The number of hydrogen-bond donors (Lipinski definition) is 1. The maximum Gasteiger partial charge on any atom is 0.251 e. The SMILES string of the molecule is CN(C)c1ncc2c(n1)CCC(NC(=O)c1ccc(F)c(F)c1)C2. The van der Waals surface area contributed by atoms with Crippen molar-refractivity contribution in [3.8, 4) is 0 Å². The first-order valence-electron chi connectivity index (χ1n) is 7.72. The van der Waals surface area contributed by atoms with Gasteiger partial charge in [-0.1, -0.05) is 0 Å². The molecule has 1 aliphatic carbocycles. The monoisotopic (exact) mass is 332 g/mol. The van der Waals surface area contributed by atoms with E-state index >= 15 is 0 Å². The van der Waals surface area contributed by atoms with Crippen molar-refractivity contribution in [2.24, 2.45) is 0 Å². The minimum absolute atomic E-state index is 0.0769. The molecule has 1 N–H and O–H groups in total. The van der Waals surface area contributed by atoms with Gasteiger partial charge in [0.05, 0.1) is 0 Å². The largest absolute Gasteiger partial charge is 0.349 e. The molecule has 1 aromatic carbocycles. The number of aryl methyl sites for hydroxylation is 1. The van der Waals surface area contributed by atoms with Gasteiger partial charge in [-0.15, -0.1) is 0 Å². The Bertz CT molecular complexity index is 779. The van der Waals surface area contributed by atoms with E-state index in [0.717, 1.165) is 36.2 Å². The average molecular weight is 332 g/mol. The molecule has 24 heavy (non-hydrogen) atoms. The first kappa shape index (κ1) is 16.3. The van der Waals surface area contributed by atoms with Crippen molar-refractivity contribution < 1.29 is 13.6 Å². The molecule has 0 fully saturated rings. The Balaban J connectivity index is 1.69. The van der Waals surface area contributed by atoms with Crippen LogP contribution in [0.15, 0.2) is 24.4 Å². The highest BCUT2D eigenvalue weighted by molar-refractivity contribution is 5.94. The molecule has 2 aromatic rings. The van der Waals surface area contributed by atoms with Gasteiger partial charge in [-0.2, -0.15) is 0 Å². The Kier molecular flexibility index (Phi) is 4.42. The van der Waals surface area contributed by atoms with Gasteiger partial charge in [-0.3, -0.25) is 4.79 Å². The summed E-state index contributed by atoms with van der Waals surface area (Å²) in [4.78, 5) is 22.9. The minimum atomic E-state index is -1.03. The summed E-state index contributed by atoms with van der Waals surface area (Å²) in [5.74, 6) is -1.74. The fraction of sp³-hybridized carbons (Fsp3) is 0.353. The fourth-order valence-corrected chi connectivity index (χ4v) is 2.74. The molecule has 1 heterocycles. The number of rotatable bonds is 3. The lowest BCUT2D eigenvalue weighted by molar-refractivity contribution is 0.0933. The molecule has 7 heteroatoms. The van der Waals surface area contributed by atoms with Gasteiger partial charge in [0, 0.05) is 37.6 Å². The zero-order valence-corrected chi connectivity index (χ0v) is 13.5. The summed E-state index contributed by atoms with van der Waals surface area (Å²) < 4.78 is 26.2. The molecule has 0 spiro atoms. The second kappa shape index (κ2) is 6.51. The number of halogens is 2. The molecule has 1 aromatic heterocycles. The molecule has 0 radical (unpaired) electrons. The highest BCUT2D eigenvalue weighted by atomic mass is 19.2. The Hall–Kier alpha value is -2.57. The van der Waals surface area contributed by atoms with Gasteiger partial charge >= 0.3 is 0 Å². The second-order valence-electron chi connectivity index (χ2n) is 6.08. The summed E-state index contributed by atoms with van der Waals surface area (Å²) in [5.41, 5.74) is 2.10. The van der Waals surface area contributed by atoms with Gasteiger partial charge < -0.3 is 10.2 Å². The number of aromatic nitrogens is 2. The lowest BCUT2D eigenvalue weighted by atomic mass is 9.92. The van der Waals surface area contributed by atoms with Gasteiger partial charge in [-0.05, 0) is 43.0 Å². The van der Waals surface area contributed by atoms with E-state index in [1.165, 1.54) is 6.07 Å². The third-order valence-electron chi connectivity index (χ3n) is 4.05. The highest BCUT2D eigenvalue weighted by Gasteiger charge is 2.23. The van der Waals surface area contributed by atoms with E-state index in [2.05, 4.69) is 15.3 Å². The first-order valence-corrected chi connectivity index (χ1v) is 7.72. The lowest BCUT2D eigenvalue weighted by Crippen LogP contribution is -2.39. The predicted octanol–water partition coefficient (Wildman–Crippen LogP) is 2.11. The smallest absolute Gasteiger partial charge is 0.251 e. The average Bonchev–Trinajstić information content (AvgIpc) is 2.56. The van der Waals surface area contributed by atoms with E-state index in [4.69, 9.17) is 0 Å². The molecular weight excluding hydrogens is 314 g/mol. The van der Waals surface area contributed by atoms with Crippen LogP contribution < -0.4 is 10.2 Å². The van der Waals surface area contributed by atoms with Crippen molar-refractivity contribution >= 4 is 11.9 Å². The van der Waals surface area contributed by atoms with Gasteiger partial charge in [-0.25, -0.2) is 18.7 Å². The standard InChI is InChI=1S/C17H18F2N4O/c1-23(2)17-20-9-11-7-12(4-6-15(11)22-17)21-16(24)10-3-5-13(18)14(19)8-10/h3,5,8-9,12H,4,6-7H2,1-2H3,(H,21,24). The number of benzene rings is 1. The van der Waals surface area contributed by atoms with E-state index in [9.17, 15) is 13.6 Å². The van der Waals surface area contributed by atoms with Crippen molar-refractivity contribution in [1.29, 1.82) is 0 Å². The van der Waals surface area contributed by atoms with Crippen LogP contribution in [-0.4, -0.2) is 36.0 Å². The molecule has 5 nitrogen and oxygen atoms in total. The summed E-state index contributed by atoms with van der Waals surface area (Å²) in [6.07, 6.45) is 3.89. The summed E-state index contributed by atoms with van der Waals surface area (Å²) in [7, 11) is 3.77. The summed E-state index contributed by atoms with van der Waals surface area (Å²) in [6, 6.07) is 3.06. The number of nitrogens with one attached hydrogen (secondary N) is 1. The molecular formula is C17H18F2N4O. The van der Waals surface area contributed by atoms with Gasteiger partial charge in [0.15, 0.2) is 11.6 Å². The van der Waals surface area contributed by atoms with Crippen molar-refractivity contribution in [3.05, 3.63) is 52.9 Å². The number of anilines is 1. The topological polar surface area (TPSA) is 58.1 Å². The van der Waals surface area contributed by atoms with Gasteiger partial charge in [0.25, 0.3) is 5.91 Å². The Morgan fingerprint density at radius 3 is 2.79 bits per heavy atom. The van der Waals surface area contributed by atoms with E-state index < -0.39 is 17.5 Å². The van der Waals surface area contributed by atoms with E-state index in [-0.39, 0.29) is 11.6 Å². The normalized spacial score (nSPS) is 16.4. The van der Waals surface area contributed by atoms with Crippen LogP contribution in [0.5, 0.6) is 0 Å². The molecule has 0 saturated heterocycles. The molecule has 126 valence electrons. The molecule has 1 unspecified atom stereocenters. The maximum absolute atomic E-state index is 13.2. The lowest BCUT2D eigenvalue weighted by Gasteiger charge is -2.25. The zero-order valence-electron chi connectivity index (χ0n) is 13.5. The van der Waals surface area contributed by atoms with Crippen molar-refractivity contribution in [3.63, 3.8) is 0 Å². The molecule has 3 rings (SSSR count). The van der Waals surface area contributed by atoms with Gasteiger partial charge in [0.1, 0.15) is 0 Å².